The Morgan fingerprint density at radius 1 is 1.50 bits per heavy atom. The minimum atomic E-state index is 0.557. The molecule has 0 atom stereocenters. The Kier molecular flexibility index (Phi) is 3.96. The molecule has 4 heteroatoms. The smallest absolute Gasteiger partial charge is 0.0628 e. The highest BCUT2D eigenvalue weighted by Gasteiger charge is 2.19. The fourth-order valence-corrected chi connectivity index (χ4v) is 2.42. The molecular formula is C12H22N4. The van der Waals surface area contributed by atoms with Gasteiger partial charge >= 0.3 is 0 Å². The van der Waals surface area contributed by atoms with E-state index in [-0.39, 0.29) is 0 Å². The molecule has 0 amide bonds. The van der Waals surface area contributed by atoms with Crippen LogP contribution in [0, 0.1) is 5.92 Å². The Balaban J connectivity index is 1.82. The maximum Gasteiger partial charge on any atom is 0.0628 e. The number of rotatable bonds is 4. The van der Waals surface area contributed by atoms with E-state index >= 15 is 0 Å². The number of nitrogens with zero attached hydrogens (tertiary/aromatic N) is 2. The maximum atomic E-state index is 5.55. The Labute approximate surface area is 97.2 Å². The van der Waals surface area contributed by atoms with Crippen molar-refractivity contribution < 1.29 is 0 Å². The van der Waals surface area contributed by atoms with Gasteiger partial charge < -0.3 is 10.6 Å². The van der Waals surface area contributed by atoms with Crippen LogP contribution in [0.3, 0.4) is 0 Å². The molecule has 3 N–H and O–H groups in total. The molecular weight excluding hydrogens is 200 g/mol. The summed E-state index contributed by atoms with van der Waals surface area (Å²) in [5, 5.41) is 7.28. The molecule has 2 rings (SSSR count). The normalized spacial score (nSPS) is 19.1. The number of aromatic nitrogens is 2. The van der Waals surface area contributed by atoms with Gasteiger partial charge in [0.25, 0.3) is 0 Å². The van der Waals surface area contributed by atoms with Gasteiger partial charge in [-0.3, -0.25) is 5.10 Å². The highest BCUT2D eigenvalue weighted by Crippen LogP contribution is 2.20. The van der Waals surface area contributed by atoms with Gasteiger partial charge in [0, 0.05) is 12.2 Å². The third kappa shape index (κ3) is 2.83. The number of likely N-dealkylation sites (tertiary alicyclic amines) is 1. The van der Waals surface area contributed by atoms with Crippen molar-refractivity contribution in [1.82, 2.24) is 15.1 Å². The number of aromatic amines is 1. The number of H-pyrrole nitrogens is 1. The molecule has 0 aliphatic carbocycles. The van der Waals surface area contributed by atoms with Crippen LogP contribution in [0.4, 0.5) is 0 Å². The SMILES string of the molecule is CCN1CCC(Cc2cc(CN)[nH]n2)CC1. The summed E-state index contributed by atoms with van der Waals surface area (Å²) >= 11 is 0. The molecule has 1 aliphatic heterocycles. The summed E-state index contributed by atoms with van der Waals surface area (Å²) in [5.74, 6) is 0.803. The molecule has 0 unspecified atom stereocenters. The second-order valence-corrected chi connectivity index (χ2v) is 4.67. The van der Waals surface area contributed by atoms with Crippen LogP contribution < -0.4 is 5.73 Å². The molecule has 0 bridgehead atoms. The molecule has 16 heavy (non-hydrogen) atoms. The molecule has 1 aromatic heterocycles. The van der Waals surface area contributed by atoms with Gasteiger partial charge in [-0.15, -0.1) is 0 Å². The third-order valence-electron chi connectivity index (χ3n) is 3.56. The highest BCUT2D eigenvalue weighted by atomic mass is 15.1. The molecule has 0 aromatic carbocycles. The quantitative estimate of drug-likeness (QED) is 0.803. The monoisotopic (exact) mass is 222 g/mol. The molecule has 1 fully saturated rings. The Bertz CT molecular complexity index is 313. The molecule has 0 saturated carbocycles. The van der Waals surface area contributed by atoms with Crippen LogP contribution in [0.25, 0.3) is 0 Å². The van der Waals surface area contributed by atoms with Crippen LogP contribution in [0.1, 0.15) is 31.2 Å². The van der Waals surface area contributed by atoms with Crippen molar-refractivity contribution in [3.8, 4) is 0 Å². The first kappa shape index (κ1) is 11.6. The van der Waals surface area contributed by atoms with E-state index < -0.39 is 0 Å². The zero-order valence-electron chi connectivity index (χ0n) is 10.1. The maximum absolute atomic E-state index is 5.55. The van der Waals surface area contributed by atoms with Crippen molar-refractivity contribution in [2.75, 3.05) is 19.6 Å². The van der Waals surface area contributed by atoms with E-state index in [0.29, 0.717) is 6.54 Å². The third-order valence-corrected chi connectivity index (χ3v) is 3.56. The van der Waals surface area contributed by atoms with E-state index in [2.05, 4.69) is 28.1 Å². The van der Waals surface area contributed by atoms with Crippen molar-refractivity contribution in [3.63, 3.8) is 0 Å². The zero-order chi connectivity index (χ0) is 11.4. The van der Waals surface area contributed by atoms with Crippen molar-refractivity contribution in [1.29, 1.82) is 0 Å². The second kappa shape index (κ2) is 5.46. The second-order valence-electron chi connectivity index (χ2n) is 4.67. The summed E-state index contributed by atoms with van der Waals surface area (Å²) in [5.41, 5.74) is 7.77. The van der Waals surface area contributed by atoms with Crippen LogP contribution in [-0.4, -0.2) is 34.7 Å². The van der Waals surface area contributed by atoms with Crippen molar-refractivity contribution >= 4 is 0 Å². The van der Waals surface area contributed by atoms with Gasteiger partial charge in [-0.25, -0.2) is 0 Å². The fourth-order valence-electron chi connectivity index (χ4n) is 2.42. The number of nitrogens with two attached hydrogens (primary N) is 1. The van der Waals surface area contributed by atoms with Crippen LogP contribution in [-0.2, 0) is 13.0 Å². The van der Waals surface area contributed by atoms with Crippen LogP contribution in [0.15, 0.2) is 6.07 Å². The Hall–Kier alpha value is -0.870. The lowest BCUT2D eigenvalue weighted by atomic mass is 9.92. The largest absolute Gasteiger partial charge is 0.325 e. The van der Waals surface area contributed by atoms with E-state index in [1.54, 1.807) is 0 Å². The predicted octanol–water partition coefficient (Wildman–Crippen LogP) is 1.14. The molecule has 1 aromatic rings. The molecule has 0 spiro atoms. The van der Waals surface area contributed by atoms with E-state index in [0.717, 1.165) is 18.0 Å². The first-order valence-corrected chi connectivity index (χ1v) is 6.27. The molecule has 0 radical (unpaired) electrons. The Morgan fingerprint density at radius 2 is 2.25 bits per heavy atom. The van der Waals surface area contributed by atoms with Crippen LogP contribution >= 0.6 is 0 Å². The molecule has 1 aliphatic rings. The number of piperidine rings is 1. The first-order valence-electron chi connectivity index (χ1n) is 6.27. The van der Waals surface area contributed by atoms with Gasteiger partial charge in [-0.2, -0.15) is 5.10 Å². The summed E-state index contributed by atoms with van der Waals surface area (Å²) in [6.45, 7) is 6.47. The Morgan fingerprint density at radius 3 is 2.81 bits per heavy atom. The van der Waals surface area contributed by atoms with Crippen molar-refractivity contribution in [2.45, 2.75) is 32.7 Å². The van der Waals surface area contributed by atoms with Gasteiger partial charge in [0.1, 0.15) is 0 Å². The van der Waals surface area contributed by atoms with Crippen LogP contribution in [0.5, 0.6) is 0 Å². The number of nitrogens with one attached hydrogen (secondary N) is 1. The summed E-state index contributed by atoms with van der Waals surface area (Å²) in [7, 11) is 0. The summed E-state index contributed by atoms with van der Waals surface area (Å²) in [6.07, 6.45) is 3.71. The van der Waals surface area contributed by atoms with E-state index in [4.69, 9.17) is 5.73 Å². The summed E-state index contributed by atoms with van der Waals surface area (Å²) in [6, 6.07) is 2.10. The summed E-state index contributed by atoms with van der Waals surface area (Å²) in [4.78, 5) is 2.52. The van der Waals surface area contributed by atoms with Crippen molar-refractivity contribution in [3.05, 3.63) is 17.5 Å². The van der Waals surface area contributed by atoms with Crippen LogP contribution in [0.2, 0.25) is 0 Å². The minimum Gasteiger partial charge on any atom is -0.325 e. The molecule has 90 valence electrons. The number of hydrogen-bond acceptors (Lipinski definition) is 3. The van der Waals surface area contributed by atoms with Gasteiger partial charge in [0.15, 0.2) is 0 Å². The zero-order valence-corrected chi connectivity index (χ0v) is 10.1. The first-order chi connectivity index (χ1) is 7.81. The summed E-state index contributed by atoms with van der Waals surface area (Å²) < 4.78 is 0. The average Bonchev–Trinajstić information content (AvgIpc) is 2.78. The molecule has 2 heterocycles. The lowest BCUT2D eigenvalue weighted by Crippen LogP contribution is -2.34. The van der Waals surface area contributed by atoms with Gasteiger partial charge in [0.2, 0.25) is 0 Å². The van der Waals surface area contributed by atoms with Gasteiger partial charge in [-0.1, -0.05) is 6.92 Å². The average molecular weight is 222 g/mol. The van der Waals surface area contributed by atoms with E-state index in [9.17, 15) is 0 Å². The lowest BCUT2D eigenvalue weighted by Gasteiger charge is -2.30. The van der Waals surface area contributed by atoms with E-state index in [1.165, 1.54) is 38.2 Å². The molecule has 4 nitrogen and oxygen atoms in total. The van der Waals surface area contributed by atoms with Gasteiger partial charge in [0.05, 0.1) is 5.69 Å². The van der Waals surface area contributed by atoms with Crippen molar-refractivity contribution in [2.24, 2.45) is 11.7 Å². The highest BCUT2D eigenvalue weighted by molar-refractivity contribution is 5.09. The standard InChI is InChI=1S/C12H22N4/c1-2-16-5-3-10(4-6-16)7-11-8-12(9-13)15-14-11/h8,10H,2-7,9,13H2,1H3,(H,14,15). The predicted molar refractivity (Wildman–Crippen MR) is 65.0 cm³/mol. The number of hydrogen-bond donors (Lipinski definition) is 2. The van der Waals surface area contributed by atoms with E-state index in [1.807, 2.05) is 0 Å². The topological polar surface area (TPSA) is 57.9 Å². The minimum absolute atomic E-state index is 0.557. The lowest BCUT2D eigenvalue weighted by molar-refractivity contribution is 0.191. The van der Waals surface area contributed by atoms with Gasteiger partial charge in [-0.05, 0) is 50.9 Å². The fraction of sp³-hybridized carbons (Fsp3) is 0.750. The molecule has 1 saturated heterocycles.